The highest BCUT2D eigenvalue weighted by Crippen LogP contribution is 2.37. The molecule has 0 aliphatic rings. The number of hydrazine groups is 1. The maximum atomic E-state index is 12.4. The zero-order valence-corrected chi connectivity index (χ0v) is 17.2. The molecule has 2 amide bonds. The lowest BCUT2D eigenvalue weighted by Gasteiger charge is -2.09. The molecule has 0 spiro atoms. The van der Waals surface area contributed by atoms with Gasteiger partial charge in [0.05, 0.1) is 12.1 Å². The van der Waals surface area contributed by atoms with Crippen LogP contribution >= 0.6 is 22.9 Å². The molecule has 1 aromatic heterocycles. The lowest BCUT2D eigenvalue weighted by Crippen LogP contribution is -2.43. The van der Waals surface area contributed by atoms with Gasteiger partial charge in [-0.25, -0.2) is 0 Å². The minimum atomic E-state index is -0.495. The number of thiophene rings is 1. The fraction of sp³-hybridized carbons (Fsp3) is 0.200. The number of amides is 2. The average molecular weight is 419 g/mol. The number of aryl methyl sites for hydroxylation is 2. The lowest BCUT2D eigenvalue weighted by molar-refractivity contribution is -0.123. The summed E-state index contributed by atoms with van der Waals surface area (Å²) in [6, 6.07) is 11.1. The minimum absolute atomic E-state index is 0.222. The Hall–Kier alpha value is -2.77. The molecule has 0 saturated heterocycles. The van der Waals surface area contributed by atoms with E-state index in [1.54, 1.807) is 25.3 Å². The first-order chi connectivity index (χ1) is 13.4. The van der Waals surface area contributed by atoms with Gasteiger partial charge < -0.3 is 9.47 Å². The van der Waals surface area contributed by atoms with Gasteiger partial charge in [-0.15, -0.1) is 11.3 Å². The van der Waals surface area contributed by atoms with Gasteiger partial charge in [-0.05, 0) is 55.3 Å². The molecule has 28 heavy (non-hydrogen) atoms. The molecule has 0 saturated carbocycles. The summed E-state index contributed by atoms with van der Waals surface area (Å²) in [6.07, 6.45) is 0. The Morgan fingerprint density at radius 1 is 1.04 bits per heavy atom. The maximum absolute atomic E-state index is 12.4. The van der Waals surface area contributed by atoms with Crippen LogP contribution in [0.15, 0.2) is 36.4 Å². The molecule has 0 fully saturated rings. The van der Waals surface area contributed by atoms with Crippen molar-refractivity contribution >= 4 is 44.8 Å². The Kier molecular flexibility index (Phi) is 6.06. The van der Waals surface area contributed by atoms with E-state index in [0.717, 1.165) is 21.2 Å². The maximum Gasteiger partial charge on any atom is 0.281 e. The molecule has 0 radical (unpaired) electrons. The van der Waals surface area contributed by atoms with Crippen LogP contribution in [0.3, 0.4) is 0 Å². The van der Waals surface area contributed by atoms with Crippen LogP contribution in [-0.2, 0) is 4.79 Å². The van der Waals surface area contributed by atoms with Crippen molar-refractivity contribution in [3.8, 4) is 11.5 Å². The number of methoxy groups -OCH3 is 1. The Balaban J connectivity index is 1.59. The molecule has 6 nitrogen and oxygen atoms in total. The van der Waals surface area contributed by atoms with Crippen LogP contribution in [0.2, 0.25) is 5.02 Å². The molecule has 146 valence electrons. The van der Waals surface area contributed by atoms with Crippen LogP contribution in [0.1, 0.15) is 20.8 Å². The van der Waals surface area contributed by atoms with E-state index in [0.29, 0.717) is 21.4 Å². The Labute approximate surface area is 171 Å². The molecular weight excluding hydrogens is 400 g/mol. The smallest absolute Gasteiger partial charge is 0.281 e. The van der Waals surface area contributed by atoms with Gasteiger partial charge >= 0.3 is 0 Å². The summed E-state index contributed by atoms with van der Waals surface area (Å²) < 4.78 is 11.5. The number of hydrogen-bond donors (Lipinski definition) is 2. The highest BCUT2D eigenvalue weighted by Gasteiger charge is 2.18. The second kappa shape index (κ2) is 8.50. The van der Waals surface area contributed by atoms with Gasteiger partial charge in [0.15, 0.2) is 6.61 Å². The van der Waals surface area contributed by atoms with Crippen LogP contribution in [0.4, 0.5) is 0 Å². The third-order valence-corrected chi connectivity index (χ3v) is 5.58. The summed E-state index contributed by atoms with van der Waals surface area (Å²) in [5.74, 6) is 0.297. The van der Waals surface area contributed by atoms with Gasteiger partial charge in [-0.3, -0.25) is 20.4 Å². The van der Waals surface area contributed by atoms with Crippen LogP contribution in [0.5, 0.6) is 11.5 Å². The van der Waals surface area contributed by atoms with Gasteiger partial charge in [0, 0.05) is 10.1 Å². The first kappa shape index (κ1) is 20.0. The monoisotopic (exact) mass is 418 g/mol. The van der Waals surface area contributed by atoms with E-state index in [4.69, 9.17) is 21.1 Å². The number of carbonyl (C=O) groups excluding carboxylic acids is 2. The Bertz CT molecular complexity index is 1030. The molecule has 8 heteroatoms. The molecule has 1 heterocycles. The fourth-order valence-electron chi connectivity index (χ4n) is 2.70. The van der Waals surface area contributed by atoms with Crippen molar-refractivity contribution in [2.24, 2.45) is 0 Å². The molecule has 0 aliphatic heterocycles. The van der Waals surface area contributed by atoms with Crippen LogP contribution < -0.4 is 20.3 Å². The van der Waals surface area contributed by atoms with Crippen molar-refractivity contribution < 1.29 is 19.1 Å². The van der Waals surface area contributed by atoms with Gasteiger partial charge in [0.2, 0.25) is 0 Å². The van der Waals surface area contributed by atoms with Crippen molar-refractivity contribution in [1.82, 2.24) is 10.9 Å². The first-order valence-electron chi connectivity index (χ1n) is 8.43. The van der Waals surface area contributed by atoms with Crippen LogP contribution in [0.25, 0.3) is 10.1 Å². The lowest BCUT2D eigenvalue weighted by atomic mass is 10.1. The van der Waals surface area contributed by atoms with Crippen LogP contribution in [0, 0.1) is 13.8 Å². The van der Waals surface area contributed by atoms with Crippen molar-refractivity contribution in [1.29, 1.82) is 0 Å². The molecule has 3 rings (SSSR count). The number of benzene rings is 2. The number of rotatable bonds is 5. The van der Waals surface area contributed by atoms with E-state index in [1.165, 1.54) is 11.3 Å². The van der Waals surface area contributed by atoms with Gasteiger partial charge in [0.1, 0.15) is 16.4 Å². The summed E-state index contributed by atoms with van der Waals surface area (Å²) in [4.78, 5) is 24.7. The summed E-state index contributed by atoms with van der Waals surface area (Å²) in [6.45, 7) is 3.68. The Morgan fingerprint density at radius 3 is 2.43 bits per heavy atom. The number of ether oxygens (including phenoxy) is 2. The molecule has 2 N–H and O–H groups in total. The second-order valence-corrected chi connectivity index (χ2v) is 7.65. The molecule has 0 unspecified atom stereocenters. The van der Waals surface area contributed by atoms with Gasteiger partial charge in [-0.1, -0.05) is 17.7 Å². The average Bonchev–Trinajstić information content (AvgIpc) is 2.99. The number of carbonyl (C=O) groups is 2. The number of hydrogen-bond acceptors (Lipinski definition) is 5. The standard InChI is InChI=1S/C20H19ClN2O4S/c1-11-6-12(2)8-14(7-11)27-10-17(24)22-23-20(25)19-18(21)15-5-4-13(26-3)9-16(15)28-19/h4-9H,10H2,1-3H3,(H,22,24)(H,23,25). The molecule has 0 bridgehead atoms. The quantitative estimate of drug-likeness (QED) is 0.613. The number of nitrogens with one attached hydrogen (secondary N) is 2. The largest absolute Gasteiger partial charge is 0.497 e. The zero-order chi connectivity index (χ0) is 20.3. The molecule has 3 aromatic rings. The number of fused-ring (bicyclic) bond motifs is 1. The van der Waals surface area contributed by atoms with E-state index < -0.39 is 11.8 Å². The van der Waals surface area contributed by atoms with Crippen LogP contribution in [-0.4, -0.2) is 25.5 Å². The van der Waals surface area contributed by atoms with E-state index in [9.17, 15) is 9.59 Å². The predicted molar refractivity (Wildman–Crippen MR) is 110 cm³/mol. The third kappa shape index (κ3) is 4.55. The Morgan fingerprint density at radius 2 is 1.75 bits per heavy atom. The SMILES string of the molecule is COc1ccc2c(Cl)c(C(=O)NNC(=O)COc3cc(C)cc(C)c3)sc2c1. The first-order valence-corrected chi connectivity index (χ1v) is 9.63. The fourth-order valence-corrected chi connectivity index (χ4v) is 4.14. The number of halogens is 1. The van der Waals surface area contributed by atoms with E-state index in [-0.39, 0.29) is 6.61 Å². The van der Waals surface area contributed by atoms with Crippen molar-refractivity contribution in [2.45, 2.75) is 13.8 Å². The molecule has 0 atom stereocenters. The summed E-state index contributed by atoms with van der Waals surface area (Å²) in [7, 11) is 1.57. The molecule has 0 aliphatic carbocycles. The third-order valence-electron chi connectivity index (χ3n) is 3.92. The summed E-state index contributed by atoms with van der Waals surface area (Å²) >= 11 is 7.53. The molecular formula is C20H19ClN2O4S. The summed E-state index contributed by atoms with van der Waals surface area (Å²) in [5, 5.41) is 1.09. The van der Waals surface area contributed by atoms with E-state index >= 15 is 0 Å². The normalized spacial score (nSPS) is 10.6. The topological polar surface area (TPSA) is 76.7 Å². The zero-order valence-electron chi connectivity index (χ0n) is 15.6. The van der Waals surface area contributed by atoms with Gasteiger partial charge in [0.25, 0.3) is 11.8 Å². The minimum Gasteiger partial charge on any atom is -0.497 e. The van der Waals surface area contributed by atoms with E-state index in [2.05, 4.69) is 10.9 Å². The van der Waals surface area contributed by atoms with E-state index in [1.807, 2.05) is 32.0 Å². The second-order valence-electron chi connectivity index (χ2n) is 6.22. The summed E-state index contributed by atoms with van der Waals surface area (Å²) in [5.41, 5.74) is 6.78. The van der Waals surface area contributed by atoms with Crippen molar-refractivity contribution in [3.63, 3.8) is 0 Å². The van der Waals surface area contributed by atoms with Crippen molar-refractivity contribution in [3.05, 3.63) is 57.4 Å². The predicted octanol–water partition coefficient (Wildman–Crippen LogP) is 4.02. The highest BCUT2D eigenvalue weighted by molar-refractivity contribution is 7.21. The van der Waals surface area contributed by atoms with Crippen molar-refractivity contribution in [2.75, 3.05) is 13.7 Å². The highest BCUT2D eigenvalue weighted by atomic mass is 35.5. The van der Waals surface area contributed by atoms with Gasteiger partial charge in [-0.2, -0.15) is 0 Å². The molecule has 2 aromatic carbocycles.